The number of benzene rings is 1. The minimum absolute atomic E-state index is 0.0484. The largest absolute Gasteiger partial charge is 0.437 e. The Bertz CT molecular complexity index is 649. The van der Waals surface area contributed by atoms with Gasteiger partial charge in [-0.15, -0.1) is 0 Å². The highest BCUT2D eigenvalue weighted by atomic mass is 79.9. The van der Waals surface area contributed by atoms with Crippen LogP contribution in [0.15, 0.2) is 34.9 Å². The summed E-state index contributed by atoms with van der Waals surface area (Å²) in [4.78, 5) is 14.1. The molecule has 7 heteroatoms. The summed E-state index contributed by atoms with van der Waals surface area (Å²) in [6.45, 7) is 1.62. The molecule has 1 aromatic carbocycles. The van der Waals surface area contributed by atoms with Crippen LogP contribution in [0.1, 0.15) is 5.56 Å². The minimum atomic E-state index is -0.488. The third kappa shape index (κ3) is 3.21. The number of pyridine rings is 1. The van der Waals surface area contributed by atoms with Gasteiger partial charge in [-0.2, -0.15) is 0 Å². The second kappa shape index (κ2) is 5.54. The van der Waals surface area contributed by atoms with Crippen molar-refractivity contribution in [2.45, 2.75) is 6.92 Å². The van der Waals surface area contributed by atoms with Crippen LogP contribution in [0.4, 0.5) is 5.69 Å². The summed E-state index contributed by atoms with van der Waals surface area (Å²) < 4.78 is 6.32. The van der Waals surface area contributed by atoms with Crippen molar-refractivity contribution in [3.05, 3.63) is 55.6 Å². The first kappa shape index (κ1) is 13.8. The number of aromatic nitrogens is 1. The number of aryl methyl sites for hydroxylation is 1. The van der Waals surface area contributed by atoms with Gasteiger partial charge in [0.2, 0.25) is 5.88 Å². The molecule has 19 heavy (non-hydrogen) atoms. The fourth-order valence-corrected chi connectivity index (χ4v) is 1.93. The van der Waals surface area contributed by atoms with Crippen LogP contribution in [-0.4, -0.2) is 9.91 Å². The molecule has 1 aromatic heterocycles. The van der Waals surface area contributed by atoms with Crippen molar-refractivity contribution < 1.29 is 9.66 Å². The minimum Gasteiger partial charge on any atom is -0.437 e. The van der Waals surface area contributed by atoms with Gasteiger partial charge in [0.05, 0.1) is 9.95 Å². The van der Waals surface area contributed by atoms with E-state index in [2.05, 4.69) is 20.9 Å². The molecule has 0 aliphatic rings. The number of nitro groups is 1. The Kier molecular flexibility index (Phi) is 4.01. The molecular formula is C12H8BrClN2O3. The molecule has 0 radical (unpaired) electrons. The van der Waals surface area contributed by atoms with E-state index in [9.17, 15) is 10.1 Å². The average Bonchev–Trinajstić information content (AvgIpc) is 2.33. The summed E-state index contributed by atoms with van der Waals surface area (Å²) in [6.07, 6.45) is 1.16. The number of rotatable bonds is 3. The van der Waals surface area contributed by atoms with Gasteiger partial charge < -0.3 is 4.74 Å². The molecule has 98 valence electrons. The van der Waals surface area contributed by atoms with Crippen molar-refractivity contribution in [1.82, 2.24) is 4.98 Å². The topological polar surface area (TPSA) is 65.3 Å². The van der Waals surface area contributed by atoms with Crippen LogP contribution in [0.3, 0.4) is 0 Å². The molecule has 0 aliphatic heterocycles. The standard InChI is InChI=1S/C12H8BrClN2O3/c1-7-4-12(15-6-10(7)16(17)18)19-11-5-8(13)2-3-9(11)14/h2-6H,1H3. The van der Waals surface area contributed by atoms with Crippen LogP contribution < -0.4 is 4.74 Å². The zero-order chi connectivity index (χ0) is 14.0. The molecule has 1 heterocycles. The van der Waals surface area contributed by atoms with Gasteiger partial charge in [0, 0.05) is 16.1 Å². The van der Waals surface area contributed by atoms with Crippen molar-refractivity contribution in [2.24, 2.45) is 0 Å². The van der Waals surface area contributed by atoms with Gasteiger partial charge in [0.15, 0.2) is 0 Å². The lowest BCUT2D eigenvalue weighted by Gasteiger charge is -2.07. The molecule has 0 aliphatic carbocycles. The van der Waals surface area contributed by atoms with Gasteiger partial charge in [-0.3, -0.25) is 10.1 Å². The predicted molar refractivity (Wildman–Crippen MR) is 74.9 cm³/mol. The molecule has 0 saturated carbocycles. The average molecular weight is 344 g/mol. The van der Waals surface area contributed by atoms with Gasteiger partial charge >= 0.3 is 0 Å². The van der Waals surface area contributed by atoms with Gasteiger partial charge in [0.25, 0.3) is 5.69 Å². The Hall–Kier alpha value is -1.66. The van der Waals surface area contributed by atoms with Crippen LogP contribution in [0.2, 0.25) is 5.02 Å². The van der Waals surface area contributed by atoms with Gasteiger partial charge in [-0.25, -0.2) is 4.98 Å². The molecule has 5 nitrogen and oxygen atoms in total. The summed E-state index contributed by atoms with van der Waals surface area (Å²) >= 11 is 9.29. The third-order valence-corrected chi connectivity index (χ3v) is 3.17. The third-order valence-electron chi connectivity index (χ3n) is 2.36. The molecule has 0 bridgehead atoms. The lowest BCUT2D eigenvalue weighted by atomic mass is 10.2. The fraction of sp³-hybridized carbons (Fsp3) is 0.0833. The second-order valence-corrected chi connectivity index (χ2v) is 5.07. The van der Waals surface area contributed by atoms with Crippen molar-refractivity contribution in [3.8, 4) is 11.6 Å². The predicted octanol–water partition coefficient (Wildman–Crippen LogP) is 4.51. The van der Waals surface area contributed by atoms with Crippen LogP contribution in [0.5, 0.6) is 11.6 Å². The molecule has 2 rings (SSSR count). The van der Waals surface area contributed by atoms with E-state index in [0.717, 1.165) is 10.7 Å². The molecule has 0 spiro atoms. The summed E-state index contributed by atoms with van der Waals surface area (Å²) in [5, 5.41) is 11.1. The Morgan fingerprint density at radius 1 is 1.42 bits per heavy atom. The molecule has 2 aromatic rings. The van der Waals surface area contributed by atoms with Gasteiger partial charge in [-0.1, -0.05) is 27.5 Å². The first-order chi connectivity index (χ1) is 8.97. The van der Waals surface area contributed by atoms with Crippen molar-refractivity contribution in [3.63, 3.8) is 0 Å². The highest BCUT2D eigenvalue weighted by Gasteiger charge is 2.13. The molecule has 0 amide bonds. The van der Waals surface area contributed by atoms with Crippen LogP contribution >= 0.6 is 27.5 Å². The van der Waals surface area contributed by atoms with E-state index in [0.29, 0.717) is 16.3 Å². The maximum atomic E-state index is 10.7. The van der Waals surface area contributed by atoms with E-state index in [4.69, 9.17) is 16.3 Å². The monoisotopic (exact) mass is 342 g/mol. The van der Waals surface area contributed by atoms with Crippen molar-refractivity contribution in [1.29, 1.82) is 0 Å². The Balaban J connectivity index is 2.31. The summed E-state index contributed by atoms with van der Waals surface area (Å²) in [7, 11) is 0. The van der Waals surface area contributed by atoms with E-state index < -0.39 is 4.92 Å². The van der Waals surface area contributed by atoms with Gasteiger partial charge in [-0.05, 0) is 25.1 Å². The molecule has 0 fully saturated rings. The zero-order valence-electron chi connectivity index (χ0n) is 9.76. The Labute approximate surface area is 122 Å². The maximum Gasteiger partial charge on any atom is 0.290 e. The lowest BCUT2D eigenvalue weighted by molar-refractivity contribution is -0.385. The molecule has 0 unspecified atom stereocenters. The van der Waals surface area contributed by atoms with Gasteiger partial charge in [0.1, 0.15) is 11.9 Å². The number of ether oxygens (including phenoxy) is 1. The highest BCUT2D eigenvalue weighted by Crippen LogP contribution is 2.32. The van der Waals surface area contributed by atoms with Crippen molar-refractivity contribution >= 4 is 33.2 Å². The Morgan fingerprint density at radius 2 is 2.16 bits per heavy atom. The highest BCUT2D eigenvalue weighted by molar-refractivity contribution is 9.10. The number of halogens is 2. The maximum absolute atomic E-state index is 10.7. The normalized spacial score (nSPS) is 10.3. The molecule has 0 saturated heterocycles. The van der Waals surface area contributed by atoms with Crippen LogP contribution in [-0.2, 0) is 0 Å². The van der Waals surface area contributed by atoms with E-state index in [1.807, 2.05) is 0 Å². The zero-order valence-corrected chi connectivity index (χ0v) is 12.1. The Morgan fingerprint density at radius 3 is 2.79 bits per heavy atom. The number of hydrogen-bond acceptors (Lipinski definition) is 4. The number of hydrogen-bond donors (Lipinski definition) is 0. The second-order valence-electron chi connectivity index (χ2n) is 3.74. The quantitative estimate of drug-likeness (QED) is 0.607. The molecule has 0 N–H and O–H groups in total. The lowest BCUT2D eigenvalue weighted by Crippen LogP contribution is -1.95. The first-order valence-electron chi connectivity index (χ1n) is 5.21. The van der Waals surface area contributed by atoms with Crippen LogP contribution in [0, 0.1) is 17.0 Å². The SMILES string of the molecule is Cc1cc(Oc2cc(Br)ccc2Cl)ncc1[N+](=O)[O-]. The fourth-order valence-electron chi connectivity index (χ4n) is 1.44. The molecule has 0 atom stereocenters. The summed E-state index contributed by atoms with van der Waals surface area (Å²) in [5.74, 6) is 0.680. The number of nitrogens with zero attached hydrogens (tertiary/aromatic N) is 2. The first-order valence-corrected chi connectivity index (χ1v) is 6.38. The van der Waals surface area contributed by atoms with E-state index in [-0.39, 0.29) is 11.6 Å². The van der Waals surface area contributed by atoms with Crippen molar-refractivity contribution in [2.75, 3.05) is 0 Å². The van der Waals surface area contributed by atoms with E-state index >= 15 is 0 Å². The molecular weight excluding hydrogens is 336 g/mol. The summed E-state index contributed by atoms with van der Waals surface area (Å²) in [6, 6.07) is 6.65. The van der Waals surface area contributed by atoms with E-state index in [1.54, 1.807) is 25.1 Å². The summed E-state index contributed by atoms with van der Waals surface area (Å²) in [5.41, 5.74) is 0.425. The smallest absolute Gasteiger partial charge is 0.290 e. The van der Waals surface area contributed by atoms with Crippen LogP contribution in [0.25, 0.3) is 0 Å². The van der Waals surface area contributed by atoms with E-state index in [1.165, 1.54) is 6.07 Å².